The van der Waals surface area contributed by atoms with Gasteiger partial charge in [-0.3, -0.25) is 14.7 Å². The third kappa shape index (κ3) is 4.06. The molecule has 2 aliphatic rings. The van der Waals surface area contributed by atoms with Gasteiger partial charge in [0.1, 0.15) is 5.69 Å². The van der Waals surface area contributed by atoms with Crippen molar-refractivity contribution in [2.24, 2.45) is 0 Å². The fourth-order valence-corrected chi connectivity index (χ4v) is 3.20. The van der Waals surface area contributed by atoms with E-state index in [2.05, 4.69) is 10.3 Å². The number of nitrogens with zero attached hydrogens (tertiary/aromatic N) is 2. The number of aromatic nitrogens is 1. The van der Waals surface area contributed by atoms with Crippen LogP contribution in [0.15, 0.2) is 24.4 Å². The van der Waals surface area contributed by atoms with Gasteiger partial charge in [-0.2, -0.15) is 0 Å². The Balaban J connectivity index is 1.55. The van der Waals surface area contributed by atoms with Crippen LogP contribution in [0.25, 0.3) is 0 Å². The van der Waals surface area contributed by atoms with Crippen LogP contribution in [0.4, 0.5) is 0 Å². The fraction of sp³-hybridized carbons (Fsp3) is 0.625. The van der Waals surface area contributed by atoms with E-state index >= 15 is 0 Å². The second kappa shape index (κ2) is 6.92. The van der Waals surface area contributed by atoms with Gasteiger partial charge in [-0.25, -0.2) is 0 Å². The highest BCUT2D eigenvalue weighted by Gasteiger charge is 2.38. The molecule has 0 radical (unpaired) electrons. The zero-order chi connectivity index (χ0) is 16.3. The van der Waals surface area contributed by atoms with Crippen LogP contribution in [0.1, 0.15) is 23.3 Å². The predicted molar refractivity (Wildman–Crippen MR) is 82.9 cm³/mol. The van der Waals surface area contributed by atoms with E-state index in [1.165, 1.54) is 0 Å². The first-order chi connectivity index (χ1) is 11.1. The molecule has 2 atom stereocenters. The number of carbonyl (C=O) groups is 1. The predicted octanol–water partition coefficient (Wildman–Crippen LogP) is -0.602. The molecule has 23 heavy (non-hydrogen) atoms. The summed E-state index contributed by atoms with van der Waals surface area (Å²) in [7, 11) is 0. The maximum Gasteiger partial charge on any atom is 0.270 e. The van der Waals surface area contributed by atoms with E-state index in [9.17, 15) is 15.0 Å². The Morgan fingerprint density at radius 2 is 2.17 bits per heavy atom. The molecule has 0 unspecified atom stereocenters. The van der Waals surface area contributed by atoms with Crippen LogP contribution in [-0.4, -0.2) is 76.6 Å². The van der Waals surface area contributed by atoms with Gasteiger partial charge in [0.15, 0.2) is 0 Å². The number of hydrogen-bond acceptors (Lipinski definition) is 6. The largest absolute Gasteiger partial charge is 0.390 e. The smallest absolute Gasteiger partial charge is 0.270 e. The first-order valence-electron chi connectivity index (χ1n) is 7.98. The Morgan fingerprint density at radius 1 is 1.39 bits per heavy atom. The Hall–Kier alpha value is -1.54. The minimum Gasteiger partial charge on any atom is -0.390 e. The molecule has 7 nitrogen and oxygen atoms in total. The quantitative estimate of drug-likeness (QED) is 0.685. The summed E-state index contributed by atoms with van der Waals surface area (Å²) in [5.41, 5.74) is -0.432. The number of amides is 1. The van der Waals surface area contributed by atoms with Gasteiger partial charge in [-0.05, 0) is 12.1 Å². The lowest BCUT2D eigenvalue weighted by atomic mass is 9.94. The van der Waals surface area contributed by atoms with Gasteiger partial charge in [0, 0.05) is 51.9 Å². The molecule has 2 aliphatic heterocycles. The summed E-state index contributed by atoms with van der Waals surface area (Å²) < 4.78 is 5.28. The number of aliphatic hydroxyl groups excluding tert-OH is 1. The Kier molecular flexibility index (Phi) is 4.91. The molecule has 3 heterocycles. The van der Waals surface area contributed by atoms with E-state index in [0.717, 1.165) is 0 Å². The number of β-amino-alcohol motifs (C(OH)–C–C–N with tert-alkyl or cyclic N) is 2. The highest BCUT2D eigenvalue weighted by molar-refractivity contribution is 5.92. The molecular weight excluding hydrogens is 298 g/mol. The van der Waals surface area contributed by atoms with Crippen molar-refractivity contribution >= 4 is 5.91 Å². The number of hydrogen-bond donors (Lipinski definition) is 3. The van der Waals surface area contributed by atoms with Crippen LogP contribution in [0.2, 0.25) is 0 Å². The van der Waals surface area contributed by atoms with Gasteiger partial charge in [-0.15, -0.1) is 0 Å². The summed E-state index contributed by atoms with van der Waals surface area (Å²) in [6, 6.07) is 4.78. The van der Waals surface area contributed by atoms with Crippen molar-refractivity contribution in [2.45, 2.75) is 30.6 Å². The van der Waals surface area contributed by atoms with E-state index in [1.54, 1.807) is 24.4 Å². The van der Waals surface area contributed by atoms with E-state index in [4.69, 9.17) is 4.74 Å². The molecule has 3 N–H and O–H groups in total. The molecule has 1 aromatic heterocycles. The SMILES string of the molecule is O=C(N[C@@H]1CN(CC2(O)CCOCC2)C[C@H]1O)c1ccccn1. The normalized spacial score (nSPS) is 27.7. The van der Waals surface area contributed by atoms with E-state index in [0.29, 0.717) is 51.4 Å². The number of pyridine rings is 1. The maximum absolute atomic E-state index is 12.1. The van der Waals surface area contributed by atoms with Crippen LogP contribution < -0.4 is 5.32 Å². The van der Waals surface area contributed by atoms with Gasteiger partial charge in [-0.1, -0.05) is 6.07 Å². The van der Waals surface area contributed by atoms with E-state index in [1.807, 2.05) is 4.90 Å². The fourth-order valence-electron chi connectivity index (χ4n) is 3.20. The molecule has 0 aliphatic carbocycles. The van der Waals surface area contributed by atoms with Crippen molar-refractivity contribution in [1.29, 1.82) is 0 Å². The highest BCUT2D eigenvalue weighted by Crippen LogP contribution is 2.24. The Morgan fingerprint density at radius 3 is 2.87 bits per heavy atom. The number of likely N-dealkylation sites (tertiary alicyclic amines) is 1. The lowest BCUT2D eigenvalue weighted by Crippen LogP contribution is -2.47. The van der Waals surface area contributed by atoms with Crippen molar-refractivity contribution in [1.82, 2.24) is 15.2 Å². The number of aliphatic hydroxyl groups is 2. The zero-order valence-electron chi connectivity index (χ0n) is 13.0. The monoisotopic (exact) mass is 321 g/mol. The average molecular weight is 321 g/mol. The van der Waals surface area contributed by atoms with Crippen molar-refractivity contribution in [3.63, 3.8) is 0 Å². The molecule has 7 heteroatoms. The molecule has 126 valence electrons. The highest BCUT2D eigenvalue weighted by atomic mass is 16.5. The lowest BCUT2D eigenvalue weighted by molar-refractivity contribution is -0.0780. The summed E-state index contributed by atoms with van der Waals surface area (Å²) in [4.78, 5) is 18.1. The first kappa shape index (κ1) is 16.3. The van der Waals surface area contributed by atoms with Crippen LogP contribution in [0.3, 0.4) is 0 Å². The number of ether oxygens (including phenoxy) is 1. The molecule has 1 amide bonds. The van der Waals surface area contributed by atoms with Crippen LogP contribution in [0, 0.1) is 0 Å². The van der Waals surface area contributed by atoms with Crippen molar-refractivity contribution in [3.05, 3.63) is 30.1 Å². The molecule has 2 saturated heterocycles. The van der Waals surface area contributed by atoms with Crippen LogP contribution in [0.5, 0.6) is 0 Å². The van der Waals surface area contributed by atoms with Gasteiger partial charge in [0.05, 0.1) is 17.7 Å². The molecule has 1 aromatic rings. The summed E-state index contributed by atoms with van der Waals surface area (Å²) in [6.07, 6.45) is 2.12. The molecule has 0 saturated carbocycles. The van der Waals surface area contributed by atoms with Crippen molar-refractivity contribution in [2.75, 3.05) is 32.8 Å². The van der Waals surface area contributed by atoms with Gasteiger partial charge in [0.2, 0.25) is 0 Å². The third-order valence-electron chi connectivity index (χ3n) is 4.52. The van der Waals surface area contributed by atoms with Gasteiger partial charge < -0.3 is 20.3 Å². The summed E-state index contributed by atoms with van der Waals surface area (Å²) >= 11 is 0. The summed E-state index contributed by atoms with van der Waals surface area (Å²) in [5, 5.41) is 23.6. The Labute approximate surface area is 135 Å². The van der Waals surface area contributed by atoms with Gasteiger partial charge in [0.25, 0.3) is 5.91 Å². The number of nitrogens with one attached hydrogen (secondary N) is 1. The minimum absolute atomic E-state index is 0.290. The summed E-state index contributed by atoms with van der Waals surface area (Å²) in [5.74, 6) is -0.290. The van der Waals surface area contributed by atoms with Crippen LogP contribution in [-0.2, 0) is 4.74 Å². The van der Waals surface area contributed by atoms with Crippen LogP contribution >= 0.6 is 0 Å². The molecule has 0 spiro atoms. The lowest BCUT2D eigenvalue weighted by Gasteiger charge is -2.35. The van der Waals surface area contributed by atoms with Crippen molar-refractivity contribution in [3.8, 4) is 0 Å². The molecule has 2 fully saturated rings. The topological polar surface area (TPSA) is 94.9 Å². The first-order valence-corrected chi connectivity index (χ1v) is 7.98. The maximum atomic E-state index is 12.1. The summed E-state index contributed by atoms with van der Waals surface area (Å²) in [6.45, 7) is 2.57. The van der Waals surface area contributed by atoms with Crippen molar-refractivity contribution < 1.29 is 19.7 Å². The standard InChI is InChI=1S/C16H23N3O4/c20-14-10-19(11-16(22)4-7-23-8-5-16)9-13(14)18-15(21)12-3-1-2-6-17-12/h1-3,6,13-14,20,22H,4-5,7-11H2,(H,18,21)/t13-,14-/m1/s1. The third-order valence-corrected chi connectivity index (χ3v) is 4.52. The number of rotatable bonds is 4. The molecule has 3 rings (SSSR count). The zero-order valence-corrected chi connectivity index (χ0v) is 13.0. The van der Waals surface area contributed by atoms with E-state index in [-0.39, 0.29) is 11.9 Å². The van der Waals surface area contributed by atoms with E-state index < -0.39 is 11.7 Å². The molecule has 0 aromatic carbocycles. The molecular formula is C16H23N3O4. The van der Waals surface area contributed by atoms with Gasteiger partial charge >= 0.3 is 0 Å². The second-order valence-electron chi connectivity index (χ2n) is 6.39. The molecule has 0 bridgehead atoms. The number of carbonyl (C=O) groups excluding carboxylic acids is 1. The minimum atomic E-state index is -0.766. The Bertz CT molecular complexity index is 533. The average Bonchev–Trinajstić information content (AvgIpc) is 2.87. The second-order valence-corrected chi connectivity index (χ2v) is 6.39.